The van der Waals surface area contributed by atoms with Gasteiger partial charge in [-0.2, -0.15) is 10.1 Å². The molecular weight excluding hydrogens is 400 g/mol. The van der Waals surface area contributed by atoms with Crippen molar-refractivity contribution in [1.29, 1.82) is 0 Å². The standard InChI is InChI=1S/C18H17ClN6O4/c1-3-25-17-20-15-14(16(28)24(9-13(26)27)18(29)22(15)2)23(17)8-12(21-25)10-4-6-11(19)7-5-10/h4-7H,3,8-9H2,1-2H3,(H,26,27). The van der Waals surface area contributed by atoms with E-state index in [0.717, 1.165) is 5.56 Å². The normalized spacial score (nSPS) is 13.5. The molecular formula is C18H17ClN6O4. The van der Waals surface area contributed by atoms with Crippen LogP contribution >= 0.6 is 11.6 Å². The van der Waals surface area contributed by atoms with Crippen LogP contribution in [-0.4, -0.2) is 42.0 Å². The third-order valence-electron chi connectivity index (χ3n) is 4.76. The third kappa shape index (κ3) is 3.01. The molecule has 1 aliphatic rings. The predicted octanol–water partition coefficient (Wildman–Crippen LogP) is 0.879. The van der Waals surface area contributed by atoms with Crippen LogP contribution in [0.2, 0.25) is 5.02 Å². The number of hydrazone groups is 1. The monoisotopic (exact) mass is 416 g/mol. The molecule has 29 heavy (non-hydrogen) atoms. The van der Waals surface area contributed by atoms with Gasteiger partial charge in [0.25, 0.3) is 5.56 Å². The van der Waals surface area contributed by atoms with Crippen LogP contribution in [-0.2, 0) is 24.9 Å². The Morgan fingerprint density at radius 1 is 1.24 bits per heavy atom. The van der Waals surface area contributed by atoms with E-state index in [1.807, 2.05) is 19.1 Å². The summed E-state index contributed by atoms with van der Waals surface area (Å²) in [6, 6.07) is 7.16. The van der Waals surface area contributed by atoms with Gasteiger partial charge in [0.15, 0.2) is 11.2 Å². The zero-order valence-corrected chi connectivity index (χ0v) is 16.4. The summed E-state index contributed by atoms with van der Waals surface area (Å²) >= 11 is 5.97. The molecule has 0 unspecified atom stereocenters. The van der Waals surface area contributed by atoms with Crippen LogP contribution in [0.3, 0.4) is 0 Å². The Balaban J connectivity index is 1.96. The topological polar surface area (TPSA) is 115 Å². The van der Waals surface area contributed by atoms with E-state index in [-0.39, 0.29) is 17.7 Å². The van der Waals surface area contributed by atoms with Crippen LogP contribution in [0.4, 0.5) is 5.95 Å². The van der Waals surface area contributed by atoms with Gasteiger partial charge in [-0.1, -0.05) is 23.7 Å². The van der Waals surface area contributed by atoms with Gasteiger partial charge in [-0.05, 0) is 24.6 Å². The van der Waals surface area contributed by atoms with Crippen molar-refractivity contribution in [2.45, 2.75) is 20.0 Å². The van der Waals surface area contributed by atoms with Crippen molar-refractivity contribution in [2.24, 2.45) is 12.1 Å². The van der Waals surface area contributed by atoms with Gasteiger partial charge in [0, 0.05) is 18.6 Å². The summed E-state index contributed by atoms with van der Waals surface area (Å²) in [5, 5.41) is 15.9. The molecule has 150 valence electrons. The smallest absolute Gasteiger partial charge is 0.333 e. The lowest BCUT2D eigenvalue weighted by molar-refractivity contribution is -0.137. The zero-order valence-electron chi connectivity index (χ0n) is 15.7. The number of fused-ring (bicyclic) bond motifs is 3. The molecule has 3 aromatic rings. The van der Waals surface area contributed by atoms with Gasteiger partial charge in [0.2, 0.25) is 5.95 Å². The minimum absolute atomic E-state index is 0.156. The Kier molecular flexibility index (Phi) is 4.50. The summed E-state index contributed by atoms with van der Waals surface area (Å²) < 4.78 is 3.54. The fourth-order valence-corrected chi connectivity index (χ4v) is 3.48. The number of halogens is 1. The van der Waals surface area contributed by atoms with Gasteiger partial charge in [-0.3, -0.25) is 18.7 Å². The molecule has 3 heterocycles. The van der Waals surface area contributed by atoms with Crippen LogP contribution < -0.4 is 16.3 Å². The molecule has 0 atom stereocenters. The molecule has 0 radical (unpaired) electrons. The molecule has 1 N–H and O–H groups in total. The maximum Gasteiger partial charge on any atom is 0.333 e. The number of benzene rings is 1. The van der Waals surface area contributed by atoms with Crippen molar-refractivity contribution >= 4 is 40.4 Å². The molecule has 11 heteroatoms. The van der Waals surface area contributed by atoms with Crippen molar-refractivity contribution in [3.8, 4) is 0 Å². The van der Waals surface area contributed by atoms with Crippen LogP contribution in [0, 0.1) is 0 Å². The maximum atomic E-state index is 13.0. The highest BCUT2D eigenvalue weighted by Gasteiger charge is 2.27. The number of nitrogens with zero attached hydrogens (tertiary/aromatic N) is 6. The minimum atomic E-state index is -1.28. The molecule has 1 aliphatic heterocycles. The van der Waals surface area contributed by atoms with Gasteiger partial charge in [0.05, 0.1) is 12.3 Å². The SMILES string of the molecule is CCN1N=C(c2ccc(Cl)cc2)Cn2c1nc1c2c(=O)n(CC(=O)O)c(=O)n1C. The van der Waals surface area contributed by atoms with E-state index < -0.39 is 23.8 Å². The van der Waals surface area contributed by atoms with Gasteiger partial charge >= 0.3 is 11.7 Å². The average Bonchev–Trinajstić information content (AvgIpc) is 3.09. The molecule has 0 saturated carbocycles. The van der Waals surface area contributed by atoms with Crippen molar-refractivity contribution in [2.75, 3.05) is 11.6 Å². The predicted molar refractivity (Wildman–Crippen MR) is 108 cm³/mol. The summed E-state index contributed by atoms with van der Waals surface area (Å²) in [6.45, 7) is 1.89. The highest BCUT2D eigenvalue weighted by Crippen LogP contribution is 2.25. The Morgan fingerprint density at radius 2 is 1.93 bits per heavy atom. The Labute approximate surface area is 168 Å². The number of carboxylic acids is 1. The first-order valence-corrected chi connectivity index (χ1v) is 9.22. The molecule has 4 rings (SSSR count). The lowest BCUT2D eigenvalue weighted by atomic mass is 10.1. The summed E-state index contributed by atoms with van der Waals surface area (Å²) in [7, 11) is 1.46. The molecule has 0 bridgehead atoms. The number of rotatable bonds is 4. The second kappa shape index (κ2) is 6.89. The minimum Gasteiger partial charge on any atom is -0.480 e. The van der Waals surface area contributed by atoms with E-state index >= 15 is 0 Å². The van der Waals surface area contributed by atoms with E-state index in [2.05, 4.69) is 10.1 Å². The highest BCUT2D eigenvalue weighted by atomic mass is 35.5. The second-order valence-corrected chi connectivity index (χ2v) is 7.00. The fraction of sp³-hybridized carbons (Fsp3) is 0.278. The van der Waals surface area contributed by atoms with Crippen LogP contribution in [0.1, 0.15) is 12.5 Å². The highest BCUT2D eigenvalue weighted by molar-refractivity contribution is 6.30. The number of hydrogen-bond donors (Lipinski definition) is 1. The van der Waals surface area contributed by atoms with E-state index in [1.54, 1.807) is 21.7 Å². The van der Waals surface area contributed by atoms with Crippen molar-refractivity contribution in [3.63, 3.8) is 0 Å². The quantitative estimate of drug-likeness (QED) is 0.675. The second-order valence-electron chi connectivity index (χ2n) is 6.57. The zero-order chi connectivity index (χ0) is 20.9. The molecule has 0 spiro atoms. The summed E-state index contributed by atoms with van der Waals surface area (Å²) in [5.74, 6) is -0.860. The van der Waals surface area contributed by atoms with Crippen LogP contribution in [0.5, 0.6) is 0 Å². The molecule has 0 aliphatic carbocycles. The van der Waals surface area contributed by atoms with Gasteiger partial charge in [-0.15, -0.1) is 0 Å². The van der Waals surface area contributed by atoms with E-state index in [9.17, 15) is 14.4 Å². The maximum absolute atomic E-state index is 13.0. The first-order valence-electron chi connectivity index (χ1n) is 8.84. The number of aryl methyl sites for hydroxylation is 1. The number of aromatic nitrogens is 4. The number of carboxylic acid groups (broad SMARTS) is 1. The Bertz CT molecular complexity index is 1280. The van der Waals surface area contributed by atoms with Gasteiger partial charge in [-0.25, -0.2) is 14.4 Å². The fourth-order valence-electron chi connectivity index (χ4n) is 3.36. The summed E-state index contributed by atoms with van der Waals surface area (Å²) in [6.07, 6.45) is 0. The van der Waals surface area contributed by atoms with Gasteiger partial charge in [0.1, 0.15) is 6.54 Å². The van der Waals surface area contributed by atoms with E-state index in [1.165, 1.54) is 11.6 Å². The molecule has 2 aromatic heterocycles. The van der Waals surface area contributed by atoms with Crippen molar-refractivity contribution in [3.05, 3.63) is 55.7 Å². The van der Waals surface area contributed by atoms with Gasteiger partial charge < -0.3 is 5.11 Å². The van der Waals surface area contributed by atoms with Crippen molar-refractivity contribution < 1.29 is 9.90 Å². The number of hydrogen-bond acceptors (Lipinski definition) is 6. The lowest BCUT2D eigenvalue weighted by Crippen LogP contribution is -2.41. The van der Waals surface area contributed by atoms with E-state index in [0.29, 0.717) is 27.8 Å². The molecule has 0 amide bonds. The number of carbonyl (C=O) groups is 1. The Hall–Kier alpha value is -3.40. The first-order chi connectivity index (χ1) is 13.8. The van der Waals surface area contributed by atoms with Crippen molar-refractivity contribution in [1.82, 2.24) is 18.7 Å². The molecule has 0 saturated heterocycles. The number of imidazole rings is 1. The average molecular weight is 417 g/mol. The third-order valence-corrected chi connectivity index (χ3v) is 5.01. The van der Waals surface area contributed by atoms with E-state index in [4.69, 9.17) is 16.7 Å². The summed E-state index contributed by atoms with van der Waals surface area (Å²) in [5.41, 5.74) is 0.426. The molecule has 1 aromatic carbocycles. The lowest BCUT2D eigenvalue weighted by Gasteiger charge is -2.25. The number of aliphatic carboxylic acids is 1. The largest absolute Gasteiger partial charge is 0.480 e. The van der Waals surface area contributed by atoms with Crippen LogP contribution in [0.15, 0.2) is 39.0 Å². The molecule has 0 fully saturated rings. The summed E-state index contributed by atoms with van der Waals surface area (Å²) in [4.78, 5) is 41.1. The molecule has 10 nitrogen and oxygen atoms in total. The Morgan fingerprint density at radius 3 is 2.55 bits per heavy atom. The number of anilines is 1. The first kappa shape index (κ1) is 18.9. The van der Waals surface area contributed by atoms with Crippen LogP contribution in [0.25, 0.3) is 11.2 Å².